The quantitative estimate of drug-likeness (QED) is 0.848. The summed E-state index contributed by atoms with van der Waals surface area (Å²) >= 11 is 0. The molecule has 4 fully saturated rings. The molecule has 122 valence electrons. The van der Waals surface area contributed by atoms with E-state index in [0.717, 1.165) is 51.7 Å². The molecule has 4 aliphatic rings. The molecule has 1 N–H and O–H groups in total. The van der Waals surface area contributed by atoms with Crippen LogP contribution < -0.4 is 5.32 Å². The van der Waals surface area contributed by atoms with E-state index in [1.165, 1.54) is 0 Å². The Hall–Kier alpha value is -1.10. The van der Waals surface area contributed by atoms with Gasteiger partial charge >= 0.3 is 0 Å². The Labute approximate surface area is 131 Å². The third-order valence-electron chi connectivity index (χ3n) is 5.84. The van der Waals surface area contributed by atoms with Crippen LogP contribution in [0.3, 0.4) is 0 Å². The van der Waals surface area contributed by atoms with Crippen LogP contribution in [0.25, 0.3) is 0 Å². The molecule has 2 heterocycles. The Bertz CT molecular complexity index is 472. The second kappa shape index (κ2) is 5.22. The van der Waals surface area contributed by atoms with Crippen LogP contribution >= 0.6 is 0 Å². The molecule has 3 atom stereocenters. The van der Waals surface area contributed by atoms with E-state index in [1.54, 1.807) is 0 Å². The number of carbonyl (C=O) groups is 2. The fourth-order valence-corrected chi connectivity index (χ4v) is 3.77. The van der Waals surface area contributed by atoms with Crippen molar-refractivity contribution < 1.29 is 14.3 Å². The van der Waals surface area contributed by atoms with Crippen molar-refractivity contribution in [2.24, 2.45) is 23.7 Å². The van der Waals surface area contributed by atoms with Gasteiger partial charge in [-0.1, -0.05) is 6.92 Å². The summed E-state index contributed by atoms with van der Waals surface area (Å²) in [6, 6.07) is 0. The number of hydrogen-bond donors (Lipinski definition) is 1. The fourth-order valence-electron chi connectivity index (χ4n) is 3.77. The monoisotopic (exact) mass is 306 g/mol. The van der Waals surface area contributed by atoms with Crippen LogP contribution in [0, 0.1) is 23.7 Å². The highest BCUT2D eigenvalue weighted by Gasteiger charge is 2.52. The number of nitrogens with one attached hydrogen (secondary N) is 1. The van der Waals surface area contributed by atoms with E-state index in [-0.39, 0.29) is 23.3 Å². The van der Waals surface area contributed by atoms with Crippen LogP contribution in [0.4, 0.5) is 0 Å². The molecular weight excluding hydrogens is 280 g/mol. The summed E-state index contributed by atoms with van der Waals surface area (Å²) in [5, 5.41) is 3.05. The van der Waals surface area contributed by atoms with Crippen LogP contribution in [0.15, 0.2) is 0 Å². The van der Waals surface area contributed by atoms with Gasteiger partial charge in [-0.15, -0.1) is 0 Å². The number of ether oxygens (including phenoxy) is 1. The molecule has 2 aliphatic carbocycles. The zero-order chi connectivity index (χ0) is 15.3. The molecule has 0 unspecified atom stereocenters. The van der Waals surface area contributed by atoms with E-state index in [0.29, 0.717) is 24.3 Å². The maximum Gasteiger partial charge on any atom is 0.226 e. The summed E-state index contributed by atoms with van der Waals surface area (Å²) in [5.41, 5.74) is -0.0786. The normalized spacial score (nSPS) is 35.9. The van der Waals surface area contributed by atoms with Gasteiger partial charge in [-0.25, -0.2) is 0 Å². The smallest absolute Gasteiger partial charge is 0.226 e. The van der Waals surface area contributed by atoms with Gasteiger partial charge in [0.15, 0.2) is 0 Å². The van der Waals surface area contributed by atoms with Crippen molar-refractivity contribution in [3.05, 3.63) is 0 Å². The van der Waals surface area contributed by atoms with E-state index >= 15 is 0 Å². The van der Waals surface area contributed by atoms with Gasteiger partial charge in [0.1, 0.15) is 5.60 Å². The first kappa shape index (κ1) is 14.5. The van der Waals surface area contributed by atoms with Gasteiger partial charge < -0.3 is 15.0 Å². The van der Waals surface area contributed by atoms with Crippen molar-refractivity contribution in [3.63, 3.8) is 0 Å². The third-order valence-corrected chi connectivity index (χ3v) is 5.84. The largest absolute Gasteiger partial charge is 0.371 e. The van der Waals surface area contributed by atoms with Crippen LogP contribution in [0.5, 0.6) is 0 Å². The standard InChI is InChI=1S/C17H26N2O3/c1-11-6-14(11)16(21)19-9-17(10-19)5-4-12(8-22-17)7-18-15(20)13-2-3-13/h11-14H,2-10H2,1H3,(H,18,20)/t11-,12-,14-/m1/s1. The average Bonchev–Trinajstić information content (AvgIpc) is 3.37. The molecule has 0 aromatic carbocycles. The zero-order valence-electron chi connectivity index (χ0n) is 13.3. The highest BCUT2D eigenvalue weighted by molar-refractivity contribution is 5.82. The van der Waals surface area contributed by atoms with Crippen LogP contribution in [-0.4, -0.2) is 48.6 Å². The van der Waals surface area contributed by atoms with Crippen molar-refractivity contribution in [2.45, 2.75) is 44.6 Å². The van der Waals surface area contributed by atoms with E-state index < -0.39 is 0 Å². The minimum absolute atomic E-state index is 0.0786. The molecule has 0 aromatic rings. The number of rotatable bonds is 4. The van der Waals surface area contributed by atoms with Gasteiger partial charge in [0.05, 0.1) is 19.7 Å². The summed E-state index contributed by atoms with van der Waals surface area (Å²) in [5.74, 6) is 2.13. The van der Waals surface area contributed by atoms with Gasteiger partial charge in [-0.3, -0.25) is 9.59 Å². The Morgan fingerprint density at radius 1 is 1.27 bits per heavy atom. The lowest BCUT2D eigenvalue weighted by molar-refractivity contribution is -0.189. The first-order valence-electron chi connectivity index (χ1n) is 8.77. The molecule has 0 aromatic heterocycles. The number of carbonyl (C=O) groups excluding carboxylic acids is 2. The highest BCUT2D eigenvalue weighted by atomic mass is 16.5. The molecule has 2 amide bonds. The molecular formula is C17H26N2O3. The molecule has 22 heavy (non-hydrogen) atoms. The highest BCUT2D eigenvalue weighted by Crippen LogP contribution is 2.43. The number of amides is 2. The van der Waals surface area contributed by atoms with E-state index in [2.05, 4.69) is 12.2 Å². The molecule has 0 radical (unpaired) electrons. The predicted molar refractivity (Wildman–Crippen MR) is 81.0 cm³/mol. The van der Waals surface area contributed by atoms with E-state index in [9.17, 15) is 9.59 Å². The van der Waals surface area contributed by atoms with Gasteiger partial charge in [-0.2, -0.15) is 0 Å². The number of nitrogens with zero attached hydrogens (tertiary/aromatic N) is 1. The number of likely N-dealkylation sites (tertiary alicyclic amines) is 1. The van der Waals surface area contributed by atoms with Crippen LogP contribution in [0.2, 0.25) is 0 Å². The summed E-state index contributed by atoms with van der Waals surface area (Å²) in [6.45, 7) is 5.16. The second-order valence-electron chi connectivity index (χ2n) is 7.93. The summed E-state index contributed by atoms with van der Waals surface area (Å²) in [7, 11) is 0. The van der Waals surface area contributed by atoms with Crippen molar-refractivity contribution in [1.82, 2.24) is 10.2 Å². The Balaban J connectivity index is 1.18. The van der Waals surface area contributed by atoms with Crippen LogP contribution in [-0.2, 0) is 14.3 Å². The molecule has 2 saturated carbocycles. The topological polar surface area (TPSA) is 58.6 Å². The van der Waals surface area contributed by atoms with E-state index in [4.69, 9.17) is 4.74 Å². The van der Waals surface area contributed by atoms with Gasteiger partial charge in [-0.05, 0) is 43.9 Å². The molecule has 0 bridgehead atoms. The maximum atomic E-state index is 12.2. The Morgan fingerprint density at radius 2 is 2.00 bits per heavy atom. The first-order valence-corrected chi connectivity index (χ1v) is 8.77. The summed E-state index contributed by atoms with van der Waals surface area (Å²) in [4.78, 5) is 25.8. The second-order valence-corrected chi connectivity index (χ2v) is 7.93. The predicted octanol–water partition coefficient (Wildman–Crippen LogP) is 1.18. The Morgan fingerprint density at radius 3 is 2.55 bits per heavy atom. The first-order chi connectivity index (χ1) is 10.6. The minimum Gasteiger partial charge on any atom is -0.371 e. The Kier molecular flexibility index (Phi) is 3.44. The van der Waals surface area contributed by atoms with Crippen molar-refractivity contribution >= 4 is 11.8 Å². The maximum absolute atomic E-state index is 12.2. The van der Waals surface area contributed by atoms with Crippen molar-refractivity contribution in [2.75, 3.05) is 26.2 Å². The van der Waals surface area contributed by atoms with Gasteiger partial charge in [0, 0.05) is 18.4 Å². The summed E-state index contributed by atoms with van der Waals surface area (Å²) < 4.78 is 6.08. The lowest BCUT2D eigenvalue weighted by Crippen LogP contribution is -2.66. The minimum atomic E-state index is -0.0786. The SMILES string of the molecule is C[C@@H]1C[C@H]1C(=O)N1CC2(CC[C@H](CNC(=O)C3CC3)CO2)C1. The molecule has 5 nitrogen and oxygen atoms in total. The van der Waals surface area contributed by atoms with Crippen molar-refractivity contribution in [1.29, 1.82) is 0 Å². The molecule has 2 saturated heterocycles. The van der Waals surface area contributed by atoms with Crippen molar-refractivity contribution in [3.8, 4) is 0 Å². The average molecular weight is 306 g/mol. The van der Waals surface area contributed by atoms with Gasteiger partial charge in [0.25, 0.3) is 0 Å². The molecule has 1 spiro atoms. The number of hydrogen-bond acceptors (Lipinski definition) is 3. The summed E-state index contributed by atoms with van der Waals surface area (Å²) in [6.07, 6.45) is 5.28. The fraction of sp³-hybridized carbons (Fsp3) is 0.882. The molecule has 2 aliphatic heterocycles. The molecule has 5 heteroatoms. The lowest BCUT2D eigenvalue weighted by Gasteiger charge is -2.53. The van der Waals surface area contributed by atoms with E-state index in [1.807, 2.05) is 4.90 Å². The lowest BCUT2D eigenvalue weighted by atomic mass is 9.82. The van der Waals surface area contributed by atoms with Gasteiger partial charge in [0.2, 0.25) is 11.8 Å². The zero-order valence-corrected chi connectivity index (χ0v) is 13.3. The van der Waals surface area contributed by atoms with Crippen LogP contribution in [0.1, 0.15) is 39.0 Å². The molecule has 4 rings (SSSR count). The third kappa shape index (κ3) is 2.75.